The smallest absolute Gasteiger partial charge is 0.321 e. The van der Waals surface area contributed by atoms with Gasteiger partial charge in [0, 0.05) is 38.1 Å². The van der Waals surface area contributed by atoms with E-state index >= 15 is 4.39 Å². The number of benzene rings is 3. The van der Waals surface area contributed by atoms with Crippen LogP contribution in [0.2, 0.25) is 0 Å². The maximum absolute atomic E-state index is 15.1. The van der Waals surface area contributed by atoms with Crippen LogP contribution in [0.3, 0.4) is 0 Å². The van der Waals surface area contributed by atoms with Crippen molar-refractivity contribution < 1.29 is 46.2 Å². The standard InChI is InChI=1S/C31H33F2N5O8S/c1-37(2)31(43)35-18-7-10-25(47(4,44)45)20(15-18)27-19(30(41)42)11-12-38(27)29(40)26(16-5-9-22(33)24(14-16)46-3)36-23-13-17(28(34)39)6-8-21(23)32/h5-10,13-15,19,26-27,36H,11-12H2,1-4H3,(H2,34,39)(H,35,43)(H,41,42)/t19-,26-,27+/m0/s1. The molecule has 0 aromatic heterocycles. The fourth-order valence-corrected chi connectivity index (χ4v) is 6.29. The molecule has 250 valence electrons. The van der Waals surface area contributed by atoms with Crippen LogP contribution in [0, 0.1) is 17.6 Å². The maximum Gasteiger partial charge on any atom is 0.321 e. The van der Waals surface area contributed by atoms with Gasteiger partial charge in [-0.15, -0.1) is 0 Å². The Hall–Kier alpha value is -5.25. The van der Waals surface area contributed by atoms with Gasteiger partial charge in [-0.3, -0.25) is 14.4 Å². The van der Waals surface area contributed by atoms with Crippen molar-refractivity contribution in [3.05, 3.63) is 82.9 Å². The average molecular weight is 674 g/mol. The number of hydrogen-bond acceptors (Lipinski definition) is 8. The van der Waals surface area contributed by atoms with Gasteiger partial charge in [0.25, 0.3) is 0 Å². The number of nitrogens with one attached hydrogen (secondary N) is 2. The van der Waals surface area contributed by atoms with Crippen molar-refractivity contribution in [3.8, 4) is 5.75 Å². The van der Waals surface area contributed by atoms with Crippen LogP contribution in [-0.2, 0) is 19.4 Å². The molecular weight excluding hydrogens is 640 g/mol. The minimum atomic E-state index is -4.01. The van der Waals surface area contributed by atoms with E-state index in [1.54, 1.807) is 0 Å². The van der Waals surface area contributed by atoms with Crippen LogP contribution in [-0.4, -0.2) is 81.1 Å². The zero-order chi connectivity index (χ0) is 34.8. The molecular formula is C31H33F2N5O8S. The molecule has 0 radical (unpaired) electrons. The van der Waals surface area contributed by atoms with E-state index in [2.05, 4.69) is 10.6 Å². The molecule has 1 saturated heterocycles. The number of nitrogens with zero attached hydrogens (tertiary/aromatic N) is 2. The van der Waals surface area contributed by atoms with E-state index in [0.717, 1.165) is 35.4 Å². The van der Waals surface area contributed by atoms with Gasteiger partial charge in [0.2, 0.25) is 11.8 Å². The van der Waals surface area contributed by atoms with Gasteiger partial charge < -0.3 is 36.0 Å². The molecule has 0 spiro atoms. The summed E-state index contributed by atoms with van der Waals surface area (Å²) in [5, 5.41) is 15.5. The van der Waals surface area contributed by atoms with E-state index in [1.807, 2.05) is 0 Å². The van der Waals surface area contributed by atoms with Crippen LogP contribution in [0.1, 0.15) is 40.0 Å². The molecule has 0 bridgehead atoms. The van der Waals surface area contributed by atoms with Gasteiger partial charge in [-0.05, 0) is 66.1 Å². The first kappa shape index (κ1) is 34.6. The third kappa shape index (κ3) is 7.43. The zero-order valence-corrected chi connectivity index (χ0v) is 26.6. The molecule has 1 aliphatic heterocycles. The molecule has 3 aromatic carbocycles. The van der Waals surface area contributed by atoms with Crippen molar-refractivity contribution in [2.75, 3.05) is 44.6 Å². The Morgan fingerprint density at radius 3 is 2.32 bits per heavy atom. The SMILES string of the molecule is COc1cc([C@H](Nc2cc(C(N)=O)ccc2F)C(=O)N2CC[C@H](C(=O)O)[C@@H]2c2cc(NC(=O)N(C)C)ccc2S(C)(=O)=O)ccc1F. The van der Waals surface area contributed by atoms with Gasteiger partial charge >= 0.3 is 12.0 Å². The second-order valence-electron chi connectivity index (χ2n) is 11.1. The molecule has 1 fully saturated rings. The minimum absolute atomic E-state index is 0.0698. The summed E-state index contributed by atoms with van der Waals surface area (Å²) in [6.07, 6.45) is 0.832. The molecule has 13 nitrogen and oxygen atoms in total. The predicted molar refractivity (Wildman–Crippen MR) is 167 cm³/mol. The number of ether oxygens (including phenoxy) is 1. The molecule has 0 saturated carbocycles. The molecule has 0 unspecified atom stereocenters. The Balaban J connectivity index is 1.90. The Bertz CT molecular complexity index is 1850. The van der Waals surface area contributed by atoms with Gasteiger partial charge in [0.05, 0.1) is 29.7 Å². The van der Waals surface area contributed by atoms with Crippen LogP contribution in [0.5, 0.6) is 5.75 Å². The van der Waals surface area contributed by atoms with Gasteiger partial charge in [-0.2, -0.15) is 0 Å². The van der Waals surface area contributed by atoms with Gasteiger partial charge in [-0.25, -0.2) is 22.0 Å². The summed E-state index contributed by atoms with van der Waals surface area (Å²) < 4.78 is 60.4. The summed E-state index contributed by atoms with van der Waals surface area (Å²) in [4.78, 5) is 53.4. The Morgan fingerprint density at radius 2 is 1.72 bits per heavy atom. The zero-order valence-electron chi connectivity index (χ0n) is 25.8. The topological polar surface area (TPSA) is 188 Å². The quantitative estimate of drug-likeness (QED) is 0.250. The number of rotatable bonds is 10. The van der Waals surface area contributed by atoms with Crippen LogP contribution >= 0.6 is 0 Å². The van der Waals surface area contributed by atoms with Crippen LogP contribution < -0.4 is 21.1 Å². The van der Waals surface area contributed by atoms with Crippen molar-refractivity contribution in [1.82, 2.24) is 9.80 Å². The fourth-order valence-electron chi connectivity index (χ4n) is 5.37. The molecule has 3 aromatic rings. The van der Waals surface area contributed by atoms with Crippen LogP contribution in [0.4, 0.5) is 25.0 Å². The van der Waals surface area contributed by atoms with E-state index in [0.29, 0.717) is 0 Å². The van der Waals surface area contributed by atoms with Gasteiger partial charge in [0.15, 0.2) is 21.4 Å². The number of carbonyl (C=O) groups excluding carboxylic acids is 3. The molecule has 1 heterocycles. The molecule has 4 rings (SSSR count). The highest BCUT2D eigenvalue weighted by Gasteiger charge is 2.46. The number of nitrogens with two attached hydrogens (primary N) is 1. The predicted octanol–water partition coefficient (Wildman–Crippen LogP) is 3.40. The first-order valence-electron chi connectivity index (χ1n) is 14.1. The number of carboxylic acids is 1. The largest absolute Gasteiger partial charge is 0.494 e. The third-order valence-electron chi connectivity index (χ3n) is 7.69. The average Bonchev–Trinajstić information content (AvgIpc) is 3.45. The first-order chi connectivity index (χ1) is 22.0. The van der Waals surface area contributed by atoms with Crippen molar-refractivity contribution in [1.29, 1.82) is 0 Å². The van der Waals surface area contributed by atoms with Crippen molar-refractivity contribution >= 4 is 45.0 Å². The number of anilines is 2. The fraction of sp³-hybridized carbons (Fsp3) is 0.290. The van der Waals surface area contributed by atoms with E-state index in [1.165, 1.54) is 56.4 Å². The number of sulfone groups is 1. The summed E-state index contributed by atoms with van der Waals surface area (Å²) in [5.74, 6) is -6.20. The van der Waals surface area contributed by atoms with Crippen molar-refractivity contribution in [3.63, 3.8) is 0 Å². The number of carboxylic acid groups (broad SMARTS) is 1. The summed E-state index contributed by atoms with van der Waals surface area (Å²) in [6, 6.07) is 7.01. The third-order valence-corrected chi connectivity index (χ3v) is 8.86. The number of aliphatic carboxylic acids is 1. The maximum atomic E-state index is 15.1. The summed E-state index contributed by atoms with van der Waals surface area (Å²) in [6.45, 7) is -0.168. The van der Waals surface area contributed by atoms with E-state index < -0.39 is 63.3 Å². The lowest BCUT2D eigenvalue weighted by molar-refractivity contribution is -0.143. The van der Waals surface area contributed by atoms with Crippen molar-refractivity contribution in [2.45, 2.75) is 23.4 Å². The lowest BCUT2D eigenvalue weighted by atomic mass is 9.92. The molecule has 0 aliphatic carbocycles. The summed E-state index contributed by atoms with van der Waals surface area (Å²) in [7, 11) is 0.164. The lowest BCUT2D eigenvalue weighted by Gasteiger charge is -2.33. The molecule has 1 aliphatic rings. The number of primary amides is 1. The molecule has 5 N–H and O–H groups in total. The van der Waals surface area contributed by atoms with E-state index in [4.69, 9.17) is 10.5 Å². The monoisotopic (exact) mass is 673 g/mol. The number of urea groups is 1. The summed E-state index contributed by atoms with van der Waals surface area (Å²) >= 11 is 0. The highest BCUT2D eigenvalue weighted by atomic mass is 32.2. The molecule has 3 atom stereocenters. The molecule has 16 heteroatoms. The number of amides is 4. The van der Waals surface area contributed by atoms with E-state index in [9.17, 15) is 37.1 Å². The first-order valence-corrected chi connectivity index (χ1v) is 16.0. The van der Waals surface area contributed by atoms with Crippen LogP contribution in [0.15, 0.2) is 59.5 Å². The number of carbonyl (C=O) groups is 4. The highest BCUT2D eigenvalue weighted by molar-refractivity contribution is 7.90. The Kier molecular flexibility index (Phi) is 10.0. The van der Waals surface area contributed by atoms with Gasteiger partial charge in [-0.1, -0.05) is 6.07 Å². The van der Waals surface area contributed by atoms with Gasteiger partial charge in [0.1, 0.15) is 11.9 Å². The highest BCUT2D eigenvalue weighted by Crippen LogP contribution is 2.43. The lowest BCUT2D eigenvalue weighted by Crippen LogP contribution is -2.40. The molecule has 47 heavy (non-hydrogen) atoms. The Labute approximate surface area is 269 Å². The normalized spacial score (nSPS) is 16.7. The van der Waals surface area contributed by atoms with E-state index in [-0.39, 0.29) is 51.7 Å². The second-order valence-corrected chi connectivity index (χ2v) is 13.1. The Morgan fingerprint density at radius 1 is 1.04 bits per heavy atom. The minimum Gasteiger partial charge on any atom is -0.494 e. The number of halogens is 2. The summed E-state index contributed by atoms with van der Waals surface area (Å²) in [5.41, 5.74) is 5.10. The number of hydrogen-bond donors (Lipinski definition) is 4. The second kappa shape index (κ2) is 13.6. The van der Waals surface area contributed by atoms with Crippen molar-refractivity contribution in [2.24, 2.45) is 11.7 Å². The molecule has 4 amide bonds. The number of methoxy groups -OCH3 is 1. The van der Waals surface area contributed by atoms with Crippen LogP contribution in [0.25, 0.3) is 0 Å². The number of likely N-dealkylation sites (tertiary alicyclic amines) is 1.